The topological polar surface area (TPSA) is 51.2 Å². The Bertz CT molecular complexity index is 948. The van der Waals surface area contributed by atoms with E-state index in [4.69, 9.17) is 16.3 Å². The van der Waals surface area contributed by atoms with Gasteiger partial charge in [-0.25, -0.2) is 13.8 Å². The monoisotopic (exact) mass is 394 g/mol. The number of anilines is 1. The van der Waals surface area contributed by atoms with Crippen LogP contribution in [0.3, 0.4) is 0 Å². The predicted molar refractivity (Wildman–Crippen MR) is 97.6 cm³/mol. The van der Waals surface area contributed by atoms with Crippen LogP contribution in [0.5, 0.6) is 5.75 Å². The van der Waals surface area contributed by atoms with Gasteiger partial charge >= 0.3 is 0 Å². The molecule has 4 nitrogen and oxygen atoms in total. The van der Waals surface area contributed by atoms with E-state index in [9.17, 15) is 13.6 Å². The van der Waals surface area contributed by atoms with Gasteiger partial charge in [-0.05, 0) is 37.3 Å². The summed E-state index contributed by atoms with van der Waals surface area (Å²) in [5.41, 5.74) is 0.470. The summed E-state index contributed by atoms with van der Waals surface area (Å²) in [6, 6.07) is 9.94. The SMILES string of the molecule is CC(Oc1cccc(Cl)c1)C(=O)Nc1nc(-c2ccc(F)cc2F)cs1. The number of carbonyl (C=O) groups is 1. The highest BCUT2D eigenvalue weighted by Crippen LogP contribution is 2.27. The lowest BCUT2D eigenvalue weighted by molar-refractivity contribution is -0.122. The Labute approximate surface area is 157 Å². The highest BCUT2D eigenvalue weighted by atomic mass is 35.5. The second kappa shape index (κ2) is 7.80. The number of hydrogen-bond donors (Lipinski definition) is 1. The number of nitrogens with one attached hydrogen (secondary N) is 1. The number of hydrogen-bond acceptors (Lipinski definition) is 4. The van der Waals surface area contributed by atoms with Gasteiger partial charge in [0.05, 0.1) is 5.69 Å². The third-order valence-electron chi connectivity index (χ3n) is 3.42. The van der Waals surface area contributed by atoms with Crippen molar-refractivity contribution in [1.29, 1.82) is 0 Å². The van der Waals surface area contributed by atoms with Crippen molar-refractivity contribution >= 4 is 34.0 Å². The average Bonchev–Trinajstić information content (AvgIpc) is 3.03. The van der Waals surface area contributed by atoms with Crippen molar-refractivity contribution in [1.82, 2.24) is 4.98 Å². The molecule has 134 valence electrons. The number of nitrogens with zero attached hydrogens (tertiary/aromatic N) is 1. The average molecular weight is 395 g/mol. The van der Waals surface area contributed by atoms with Crippen molar-refractivity contribution in [3.8, 4) is 17.0 Å². The molecule has 0 bridgehead atoms. The summed E-state index contributed by atoms with van der Waals surface area (Å²) in [6.45, 7) is 1.59. The summed E-state index contributed by atoms with van der Waals surface area (Å²) < 4.78 is 32.3. The summed E-state index contributed by atoms with van der Waals surface area (Å²) >= 11 is 7.01. The molecule has 1 aromatic heterocycles. The van der Waals surface area contributed by atoms with E-state index in [0.29, 0.717) is 16.5 Å². The maximum absolute atomic E-state index is 13.8. The number of thiazole rings is 1. The van der Waals surface area contributed by atoms with Crippen molar-refractivity contribution < 1.29 is 18.3 Å². The van der Waals surface area contributed by atoms with E-state index in [1.165, 1.54) is 6.07 Å². The lowest BCUT2D eigenvalue weighted by atomic mass is 10.1. The Morgan fingerprint density at radius 1 is 1.27 bits per heavy atom. The Kier molecular flexibility index (Phi) is 5.49. The zero-order chi connectivity index (χ0) is 18.7. The maximum atomic E-state index is 13.8. The van der Waals surface area contributed by atoms with Gasteiger partial charge in [0.1, 0.15) is 17.4 Å². The molecule has 1 N–H and O–H groups in total. The minimum absolute atomic E-state index is 0.159. The van der Waals surface area contributed by atoms with Crippen molar-refractivity contribution in [3.05, 3.63) is 64.5 Å². The summed E-state index contributed by atoms with van der Waals surface area (Å²) in [4.78, 5) is 16.4. The van der Waals surface area contributed by atoms with Crippen LogP contribution >= 0.6 is 22.9 Å². The molecule has 0 radical (unpaired) electrons. The molecule has 0 fully saturated rings. The van der Waals surface area contributed by atoms with E-state index in [0.717, 1.165) is 23.5 Å². The molecular weight excluding hydrogens is 382 g/mol. The van der Waals surface area contributed by atoms with Crippen LogP contribution in [0.1, 0.15) is 6.92 Å². The molecule has 8 heteroatoms. The van der Waals surface area contributed by atoms with Gasteiger partial charge in [-0.3, -0.25) is 10.1 Å². The Balaban J connectivity index is 1.67. The van der Waals surface area contributed by atoms with E-state index in [-0.39, 0.29) is 10.7 Å². The molecular formula is C18H13ClF2N2O2S. The van der Waals surface area contributed by atoms with Gasteiger partial charge in [0.25, 0.3) is 5.91 Å². The first-order valence-electron chi connectivity index (χ1n) is 7.56. The van der Waals surface area contributed by atoms with Crippen LogP contribution in [0, 0.1) is 11.6 Å². The summed E-state index contributed by atoms with van der Waals surface area (Å²) in [5, 5.41) is 4.98. The first-order chi connectivity index (χ1) is 12.4. The normalized spacial score (nSPS) is 11.8. The zero-order valence-electron chi connectivity index (χ0n) is 13.5. The molecule has 0 saturated heterocycles. The molecule has 3 rings (SSSR count). The second-order valence-corrected chi connectivity index (χ2v) is 6.66. The van der Waals surface area contributed by atoms with E-state index < -0.39 is 23.6 Å². The van der Waals surface area contributed by atoms with Crippen LogP contribution in [-0.4, -0.2) is 17.0 Å². The van der Waals surface area contributed by atoms with Crippen LogP contribution in [0.2, 0.25) is 5.02 Å². The van der Waals surface area contributed by atoms with E-state index in [1.807, 2.05) is 0 Å². The van der Waals surface area contributed by atoms with Gasteiger partial charge in [0.2, 0.25) is 0 Å². The minimum atomic E-state index is -0.789. The molecule has 0 aliphatic carbocycles. The second-order valence-electron chi connectivity index (χ2n) is 5.37. The molecule has 3 aromatic rings. The smallest absolute Gasteiger partial charge is 0.266 e. The molecule has 1 amide bonds. The molecule has 1 unspecified atom stereocenters. The highest BCUT2D eigenvalue weighted by molar-refractivity contribution is 7.14. The fourth-order valence-corrected chi connectivity index (χ4v) is 3.05. The lowest BCUT2D eigenvalue weighted by Gasteiger charge is -2.13. The zero-order valence-corrected chi connectivity index (χ0v) is 15.1. The van der Waals surface area contributed by atoms with Crippen LogP contribution in [-0.2, 0) is 4.79 Å². The minimum Gasteiger partial charge on any atom is -0.481 e. The summed E-state index contributed by atoms with van der Waals surface area (Å²) in [6.07, 6.45) is -0.789. The standard InChI is InChI=1S/C18H13ClF2N2O2S/c1-10(25-13-4-2-3-11(19)7-13)17(24)23-18-22-16(9-26-18)14-6-5-12(20)8-15(14)21/h2-10H,1H3,(H,22,23,24). The number of ether oxygens (including phenoxy) is 1. The summed E-state index contributed by atoms with van der Waals surface area (Å²) in [7, 11) is 0. The summed E-state index contributed by atoms with van der Waals surface area (Å²) in [5.74, 6) is -1.33. The fourth-order valence-electron chi connectivity index (χ4n) is 2.16. The lowest BCUT2D eigenvalue weighted by Crippen LogP contribution is -2.30. The third kappa shape index (κ3) is 4.36. The molecule has 0 spiro atoms. The predicted octanol–water partition coefficient (Wildman–Crippen LogP) is 5.15. The first-order valence-corrected chi connectivity index (χ1v) is 8.82. The fraction of sp³-hybridized carbons (Fsp3) is 0.111. The van der Waals surface area contributed by atoms with Crippen LogP contribution < -0.4 is 10.1 Å². The van der Waals surface area contributed by atoms with Crippen molar-refractivity contribution in [2.45, 2.75) is 13.0 Å². The number of carbonyl (C=O) groups excluding carboxylic acids is 1. The van der Waals surface area contributed by atoms with E-state index in [2.05, 4.69) is 10.3 Å². The molecule has 0 aliphatic heterocycles. The quantitative estimate of drug-likeness (QED) is 0.651. The van der Waals surface area contributed by atoms with Crippen LogP contribution in [0.25, 0.3) is 11.3 Å². The molecule has 0 aliphatic rings. The van der Waals surface area contributed by atoms with Gasteiger partial charge in [-0.2, -0.15) is 0 Å². The largest absolute Gasteiger partial charge is 0.481 e. The number of benzene rings is 2. The Hall–Kier alpha value is -2.51. The number of amides is 1. The maximum Gasteiger partial charge on any atom is 0.266 e. The van der Waals surface area contributed by atoms with Crippen molar-refractivity contribution in [2.24, 2.45) is 0 Å². The van der Waals surface area contributed by atoms with Gasteiger partial charge in [0, 0.05) is 22.0 Å². The first kappa shape index (κ1) is 18.3. The van der Waals surface area contributed by atoms with Crippen molar-refractivity contribution in [2.75, 3.05) is 5.32 Å². The number of aromatic nitrogens is 1. The van der Waals surface area contributed by atoms with Crippen molar-refractivity contribution in [3.63, 3.8) is 0 Å². The Morgan fingerprint density at radius 3 is 2.81 bits per heavy atom. The van der Waals surface area contributed by atoms with E-state index in [1.54, 1.807) is 36.6 Å². The van der Waals surface area contributed by atoms with E-state index >= 15 is 0 Å². The molecule has 2 aromatic carbocycles. The molecule has 26 heavy (non-hydrogen) atoms. The number of rotatable bonds is 5. The highest BCUT2D eigenvalue weighted by Gasteiger charge is 2.17. The molecule has 0 saturated carbocycles. The number of halogens is 3. The van der Waals surface area contributed by atoms with Crippen LogP contribution in [0.15, 0.2) is 47.8 Å². The molecule has 1 heterocycles. The Morgan fingerprint density at radius 2 is 2.08 bits per heavy atom. The third-order valence-corrected chi connectivity index (χ3v) is 4.41. The van der Waals surface area contributed by atoms with Gasteiger partial charge in [0.15, 0.2) is 11.2 Å². The molecule has 1 atom stereocenters. The van der Waals surface area contributed by atoms with Crippen LogP contribution in [0.4, 0.5) is 13.9 Å². The van der Waals surface area contributed by atoms with Gasteiger partial charge < -0.3 is 4.74 Å². The van der Waals surface area contributed by atoms with Gasteiger partial charge in [-0.15, -0.1) is 11.3 Å². The van der Waals surface area contributed by atoms with Gasteiger partial charge in [-0.1, -0.05) is 17.7 Å².